The van der Waals surface area contributed by atoms with Gasteiger partial charge in [0.05, 0.1) is 5.92 Å². The molecule has 10 heteroatoms. The molecule has 1 saturated heterocycles. The minimum atomic E-state index is -4.84. The Hall–Kier alpha value is -3.82. The van der Waals surface area contributed by atoms with E-state index >= 15 is 0 Å². The van der Waals surface area contributed by atoms with Crippen LogP contribution in [0, 0.1) is 5.92 Å². The Bertz CT molecular complexity index is 1160. The molecule has 1 aliphatic carbocycles. The van der Waals surface area contributed by atoms with Gasteiger partial charge in [0.15, 0.2) is 0 Å². The number of hydrogen-bond acceptors (Lipinski definition) is 7. The van der Waals surface area contributed by atoms with Crippen molar-refractivity contribution in [2.24, 2.45) is 5.92 Å². The van der Waals surface area contributed by atoms with Crippen LogP contribution in [0.4, 0.5) is 13.2 Å². The highest BCUT2D eigenvalue weighted by Gasteiger charge is 2.46. The smallest absolute Gasteiger partial charge is 0.458 e. The van der Waals surface area contributed by atoms with Crippen LogP contribution in [0.1, 0.15) is 25.3 Å². The van der Waals surface area contributed by atoms with Gasteiger partial charge in [-0.15, -0.1) is 13.2 Å². The third-order valence-electron chi connectivity index (χ3n) is 5.73. The number of benzene rings is 1. The lowest BCUT2D eigenvalue weighted by Crippen LogP contribution is -2.32. The minimum absolute atomic E-state index is 0.0908. The molecule has 7 nitrogen and oxygen atoms in total. The van der Waals surface area contributed by atoms with Crippen LogP contribution >= 0.6 is 0 Å². The molecule has 2 bridgehead atoms. The third kappa shape index (κ3) is 5.82. The number of fused-ring (bicyclic) bond motifs is 2. The Kier molecular flexibility index (Phi) is 6.56. The van der Waals surface area contributed by atoms with Crippen LogP contribution in [0.15, 0.2) is 65.8 Å². The Labute approximate surface area is 198 Å². The molecule has 0 radical (unpaired) electrons. The van der Waals surface area contributed by atoms with E-state index in [0.29, 0.717) is 12.0 Å². The predicted molar refractivity (Wildman–Crippen MR) is 116 cm³/mol. The second-order valence-electron chi connectivity index (χ2n) is 8.41. The van der Waals surface area contributed by atoms with Crippen LogP contribution in [-0.2, 0) is 28.6 Å². The van der Waals surface area contributed by atoms with Crippen molar-refractivity contribution in [1.82, 2.24) is 0 Å². The van der Waals surface area contributed by atoms with Crippen LogP contribution in [0.5, 0.6) is 5.75 Å². The standard InChI is InChI=1S/C25H21F3O7/c1-13-8-18-11-16(24(31)32-18)12-20-22(14(2)23(30)34-20)19(9-13)33-21(29)7-6-15-4-3-5-17(10-15)35-25(26,27)28/h3-7,9-11,18-20,22H,2,8,12H2,1H3/b7-6+,13-9+/t18-,19?,20?,22+/m1/s1. The molecule has 0 spiro atoms. The molecule has 1 aromatic rings. The molecule has 184 valence electrons. The summed E-state index contributed by atoms with van der Waals surface area (Å²) in [6.45, 7) is 5.56. The normalized spacial score (nSPS) is 27.9. The largest absolute Gasteiger partial charge is 0.573 e. The first-order valence-electron chi connectivity index (χ1n) is 10.7. The highest BCUT2D eigenvalue weighted by molar-refractivity contribution is 5.93. The molecular formula is C25H21F3O7. The summed E-state index contributed by atoms with van der Waals surface area (Å²) in [5.74, 6) is -3.08. The molecule has 2 aliphatic heterocycles. The Morgan fingerprint density at radius 1 is 1.14 bits per heavy atom. The Morgan fingerprint density at radius 3 is 2.66 bits per heavy atom. The molecular weight excluding hydrogens is 469 g/mol. The molecule has 0 N–H and O–H groups in total. The number of hydrogen-bond donors (Lipinski definition) is 0. The molecule has 3 aliphatic rings. The Balaban J connectivity index is 1.54. The summed E-state index contributed by atoms with van der Waals surface area (Å²) >= 11 is 0. The van der Waals surface area contributed by atoms with Crippen LogP contribution < -0.4 is 4.74 Å². The Morgan fingerprint density at radius 2 is 1.91 bits per heavy atom. The molecule has 0 amide bonds. The number of carbonyl (C=O) groups is 3. The average Bonchev–Trinajstić information content (AvgIpc) is 3.22. The zero-order chi connectivity index (χ0) is 25.3. The first kappa shape index (κ1) is 24.3. The highest BCUT2D eigenvalue weighted by atomic mass is 19.4. The van der Waals surface area contributed by atoms with E-state index in [-0.39, 0.29) is 17.6 Å². The fraction of sp³-hybridized carbons (Fsp3) is 0.320. The van der Waals surface area contributed by atoms with Crippen molar-refractivity contribution in [2.75, 3.05) is 0 Å². The summed E-state index contributed by atoms with van der Waals surface area (Å²) in [7, 11) is 0. The maximum absolute atomic E-state index is 12.6. The van der Waals surface area contributed by atoms with E-state index in [4.69, 9.17) is 14.2 Å². The van der Waals surface area contributed by atoms with E-state index in [1.165, 1.54) is 18.2 Å². The van der Waals surface area contributed by atoms with Crippen molar-refractivity contribution in [1.29, 1.82) is 0 Å². The molecule has 1 fully saturated rings. The zero-order valence-electron chi connectivity index (χ0n) is 18.5. The van der Waals surface area contributed by atoms with Gasteiger partial charge in [0.25, 0.3) is 0 Å². The lowest BCUT2D eigenvalue weighted by Gasteiger charge is -2.25. The van der Waals surface area contributed by atoms with Gasteiger partial charge >= 0.3 is 24.3 Å². The number of halogens is 3. The van der Waals surface area contributed by atoms with Crippen LogP contribution in [0.3, 0.4) is 0 Å². The summed E-state index contributed by atoms with van der Waals surface area (Å²) < 4.78 is 57.6. The summed E-state index contributed by atoms with van der Waals surface area (Å²) in [5.41, 5.74) is 1.53. The molecule has 35 heavy (non-hydrogen) atoms. The molecule has 0 aromatic heterocycles. The number of ether oxygens (including phenoxy) is 4. The van der Waals surface area contributed by atoms with Crippen molar-refractivity contribution >= 4 is 24.0 Å². The van der Waals surface area contributed by atoms with Crippen LogP contribution in [-0.4, -0.2) is 42.6 Å². The second-order valence-corrected chi connectivity index (χ2v) is 8.41. The first-order valence-corrected chi connectivity index (χ1v) is 10.7. The fourth-order valence-corrected chi connectivity index (χ4v) is 4.26. The molecule has 1 aromatic carbocycles. The number of carbonyl (C=O) groups excluding carboxylic acids is 3. The predicted octanol–water partition coefficient (Wildman–Crippen LogP) is 4.20. The van der Waals surface area contributed by atoms with Gasteiger partial charge in [-0.1, -0.05) is 24.3 Å². The van der Waals surface area contributed by atoms with Crippen molar-refractivity contribution < 1.29 is 46.5 Å². The average molecular weight is 490 g/mol. The topological polar surface area (TPSA) is 88.1 Å². The van der Waals surface area contributed by atoms with E-state index < -0.39 is 54.2 Å². The van der Waals surface area contributed by atoms with Gasteiger partial charge in [-0.2, -0.15) is 0 Å². The zero-order valence-corrected chi connectivity index (χ0v) is 18.5. The third-order valence-corrected chi connectivity index (χ3v) is 5.73. The number of rotatable bonds is 4. The summed E-state index contributed by atoms with van der Waals surface area (Å²) in [4.78, 5) is 37.1. The van der Waals surface area contributed by atoms with E-state index in [1.807, 2.05) is 0 Å². The second kappa shape index (κ2) is 9.44. The maximum atomic E-state index is 12.6. The minimum Gasteiger partial charge on any atom is -0.458 e. The van der Waals surface area contributed by atoms with Gasteiger partial charge in [0.1, 0.15) is 24.1 Å². The number of esters is 3. The van der Waals surface area contributed by atoms with Crippen molar-refractivity contribution in [2.45, 2.75) is 44.4 Å². The fourth-order valence-electron chi connectivity index (χ4n) is 4.26. The molecule has 2 unspecified atom stereocenters. The molecule has 2 heterocycles. The summed E-state index contributed by atoms with van der Waals surface area (Å²) in [5, 5.41) is 0. The monoisotopic (exact) mass is 490 g/mol. The van der Waals surface area contributed by atoms with Gasteiger partial charge in [0, 0.05) is 30.1 Å². The highest BCUT2D eigenvalue weighted by Crippen LogP contribution is 2.38. The van der Waals surface area contributed by atoms with Crippen molar-refractivity contribution in [3.63, 3.8) is 0 Å². The lowest BCUT2D eigenvalue weighted by atomic mass is 9.85. The molecule has 0 saturated carbocycles. The quantitative estimate of drug-likeness (QED) is 0.271. The van der Waals surface area contributed by atoms with E-state index in [0.717, 1.165) is 23.8 Å². The van der Waals surface area contributed by atoms with E-state index in [1.54, 1.807) is 19.1 Å². The van der Waals surface area contributed by atoms with E-state index in [9.17, 15) is 27.6 Å². The van der Waals surface area contributed by atoms with Crippen molar-refractivity contribution in [3.05, 3.63) is 71.4 Å². The summed E-state index contributed by atoms with van der Waals surface area (Å²) in [6.07, 6.45) is -0.837. The summed E-state index contributed by atoms with van der Waals surface area (Å²) in [6, 6.07) is 5.09. The maximum Gasteiger partial charge on any atom is 0.573 e. The molecule has 4 rings (SSSR count). The van der Waals surface area contributed by atoms with Gasteiger partial charge in [0.2, 0.25) is 0 Å². The van der Waals surface area contributed by atoms with Gasteiger partial charge in [-0.25, -0.2) is 14.4 Å². The molecule has 4 atom stereocenters. The van der Waals surface area contributed by atoms with Gasteiger partial charge in [-0.05, 0) is 42.8 Å². The van der Waals surface area contributed by atoms with Crippen LogP contribution in [0.25, 0.3) is 6.08 Å². The van der Waals surface area contributed by atoms with E-state index in [2.05, 4.69) is 11.3 Å². The number of alkyl halides is 3. The van der Waals surface area contributed by atoms with Crippen molar-refractivity contribution in [3.8, 4) is 5.75 Å². The lowest BCUT2D eigenvalue weighted by molar-refractivity contribution is -0.274. The van der Waals surface area contributed by atoms with Gasteiger partial charge in [-0.3, -0.25) is 0 Å². The SMILES string of the molecule is C=C1C(=O)OC2CC3=C[C@@H](C/C(C)=C/C(OC(=O)/C=C/c4cccc(OC(F)(F)F)c4)[C@H]12)OC3=O. The van der Waals surface area contributed by atoms with Gasteiger partial charge < -0.3 is 18.9 Å². The van der Waals surface area contributed by atoms with Crippen LogP contribution in [0.2, 0.25) is 0 Å². The first-order chi connectivity index (χ1) is 16.5.